The van der Waals surface area contributed by atoms with Gasteiger partial charge in [-0.2, -0.15) is 0 Å². The molecule has 1 nitrogen and oxygen atoms in total. The van der Waals surface area contributed by atoms with Gasteiger partial charge in [0.2, 0.25) is 0 Å². The predicted molar refractivity (Wildman–Crippen MR) is 49.2 cm³/mol. The Morgan fingerprint density at radius 3 is 2.45 bits per heavy atom. The Morgan fingerprint density at radius 1 is 1.18 bits per heavy atom. The Hall–Kier alpha value is -0.0400. The molecule has 0 saturated carbocycles. The van der Waals surface area contributed by atoms with Crippen LogP contribution in [0.15, 0.2) is 0 Å². The smallest absolute Gasteiger partial charge is 0.0861 e. The summed E-state index contributed by atoms with van der Waals surface area (Å²) in [6, 6.07) is 0. The molecule has 0 aromatic heterocycles. The largest absolute Gasteiger partial charge is 0.375 e. The Balaban J connectivity index is 2.80. The second-order valence-electron chi connectivity index (χ2n) is 3.31. The number of rotatable bonds is 7. The Morgan fingerprint density at radius 2 is 1.91 bits per heavy atom. The highest BCUT2D eigenvalue weighted by Crippen LogP contribution is 2.02. The first-order chi connectivity index (χ1) is 5.27. The lowest BCUT2D eigenvalue weighted by molar-refractivity contribution is 0.168. The molecule has 0 rings (SSSR count). The van der Waals surface area contributed by atoms with Crippen LogP contribution in [0, 0.1) is 12.5 Å². The summed E-state index contributed by atoms with van der Waals surface area (Å²) in [5, 5.41) is 0. The van der Waals surface area contributed by atoms with Gasteiger partial charge in [-0.1, -0.05) is 40.0 Å². The first kappa shape index (κ1) is 11.0. The lowest BCUT2D eigenvalue weighted by atomic mass is 10.2. The lowest BCUT2D eigenvalue weighted by Gasteiger charge is -2.04. The summed E-state index contributed by atoms with van der Waals surface area (Å²) >= 11 is 0. The van der Waals surface area contributed by atoms with Crippen LogP contribution in [0.2, 0.25) is 0 Å². The zero-order valence-corrected chi connectivity index (χ0v) is 8.10. The molecule has 0 N–H and O–H groups in total. The molecule has 0 saturated heterocycles. The van der Waals surface area contributed by atoms with E-state index < -0.39 is 0 Å². The monoisotopic (exact) mass is 157 g/mol. The van der Waals surface area contributed by atoms with E-state index in [0.29, 0.717) is 5.92 Å². The Bertz CT molecular complexity index is 69.3. The average molecular weight is 157 g/mol. The van der Waals surface area contributed by atoms with Crippen molar-refractivity contribution in [3.8, 4) is 0 Å². The third-order valence-electron chi connectivity index (χ3n) is 1.48. The summed E-state index contributed by atoms with van der Waals surface area (Å²) < 4.78 is 5.32. The summed E-state index contributed by atoms with van der Waals surface area (Å²) in [4.78, 5) is 0. The molecule has 67 valence electrons. The molecule has 11 heavy (non-hydrogen) atoms. The standard InChI is InChI=1S/C10H21O/c1-4-5-6-7-8-11-9-10(2)3/h9-10H,4-8H2,1-3H3. The molecule has 1 radical (unpaired) electrons. The van der Waals surface area contributed by atoms with Crippen LogP contribution in [-0.2, 0) is 4.74 Å². The second-order valence-corrected chi connectivity index (χ2v) is 3.31. The molecule has 0 aliphatic heterocycles. The fourth-order valence-electron chi connectivity index (χ4n) is 0.873. The molecule has 0 bridgehead atoms. The molecule has 0 fully saturated rings. The average Bonchev–Trinajstić information content (AvgIpc) is 1.96. The molecule has 0 aromatic carbocycles. The van der Waals surface area contributed by atoms with Gasteiger partial charge in [0.15, 0.2) is 0 Å². The van der Waals surface area contributed by atoms with Gasteiger partial charge < -0.3 is 4.74 Å². The number of ether oxygens (including phenoxy) is 1. The molecule has 0 atom stereocenters. The summed E-state index contributed by atoms with van der Waals surface area (Å²) in [5.41, 5.74) is 0. The molecule has 0 aliphatic carbocycles. The van der Waals surface area contributed by atoms with Crippen molar-refractivity contribution in [3.05, 3.63) is 6.61 Å². The van der Waals surface area contributed by atoms with Gasteiger partial charge in [0, 0.05) is 6.61 Å². The molecule has 0 heterocycles. The molecule has 0 unspecified atom stereocenters. The van der Waals surface area contributed by atoms with Crippen molar-refractivity contribution in [1.82, 2.24) is 0 Å². The van der Waals surface area contributed by atoms with Gasteiger partial charge >= 0.3 is 0 Å². The van der Waals surface area contributed by atoms with Crippen molar-refractivity contribution >= 4 is 0 Å². The maximum absolute atomic E-state index is 5.32. The summed E-state index contributed by atoms with van der Waals surface area (Å²) in [5.74, 6) is 0.557. The van der Waals surface area contributed by atoms with Gasteiger partial charge in [-0.3, -0.25) is 0 Å². The van der Waals surface area contributed by atoms with E-state index >= 15 is 0 Å². The molecule has 0 amide bonds. The maximum Gasteiger partial charge on any atom is 0.0861 e. The van der Waals surface area contributed by atoms with Gasteiger partial charge in [0.25, 0.3) is 0 Å². The lowest BCUT2D eigenvalue weighted by Crippen LogP contribution is -1.96. The zero-order valence-electron chi connectivity index (χ0n) is 8.10. The van der Waals surface area contributed by atoms with Crippen LogP contribution in [0.3, 0.4) is 0 Å². The van der Waals surface area contributed by atoms with E-state index in [9.17, 15) is 0 Å². The molecular formula is C10H21O. The normalized spacial score (nSPS) is 10.9. The summed E-state index contributed by atoms with van der Waals surface area (Å²) in [7, 11) is 0. The number of unbranched alkanes of at least 4 members (excludes halogenated alkanes) is 3. The van der Waals surface area contributed by atoms with E-state index in [1.807, 2.05) is 6.61 Å². The van der Waals surface area contributed by atoms with Gasteiger partial charge in [-0.25, -0.2) is 0 Å². The van der Waals surface area contributed by atoms with Gasteiger partial charge in [0.05, 0.1) is 6.61 Å². The van der Waals surface area contributed by atoms with E-state index in [1.54, 1.807) is 0 Å². The highest BCUT2D eigenvalue weighted by atomic mass is 16.5. The fourth-order valence-corrected chi connectivity index (χ4v) is 0.873. The number of hydrogen-bond acceptors (Lipinski definition) is 1. The van der Waals surface area contributed by atoms with E-state index in [2.05, 4.69) is 20.8 Å². The van der Waals surface area contributed by atoms with Gasteiger partial charge in [-0.05, 0) is 12.3 Å². The summed E-state index contributed by atoms with van der Waals surface area (Å²) in [6.07, 6.45) is 5.15. The van der Waals surface area contributed by atoms with E-state index in [1.165, 1.54) is 25.7 Å². The zero-order chi connectivity index (χ0) is 8.53. The SMILES string of the molecule is CCCCCCO[CH]C(C)C. The minimum Gasteiger partial charge on any atom is -0.375 e. The van der Waals surface area contributed by atoms with Crippen molar-refractivity contribution < 1.29 is 4.74 Å². The molecule has 0 aromatic rings. The quantitative estimate of drug-likeness (QED) is 0.515. The maximum atomic E-state index is 5.32. The Labute approximate surface area is 71.1 Å². The minimum absolute atomic E-state index is 0.557. The highest BCUT2D eigenvalue weighted by Gasteiger charge is 1.93. The van der Waals surface area contributed by atoms with Crippen LogP contribution in [0.1, 0.15) is 46.5 Å². The van der Waals surface area contributed by atoms with Crippen molar-refractivity contribution in [1.29, 1.82) is 0 Å². The van der Waals surface area contributed by atoms with E-state index in [0.717, 1.165) is 6.61 Å². The Kier molecular flexibility index (Phi) is 8.03. The van der Waals surface area contributed by atoms with Crippen LogP contribution in [0.5, 0.6) is 0 Å². The molecule has 0 aliphatic rings. The van der Waals surface area contributed by atoms with E-state index in [4.69, 9.17) is 4.74 Å². The first-order valence-electron chi connectivity index (χ1n) is 4.72. The molecule has 1 heteroatoms. The third kappa shape index (κ3) is 9.96. The van der Waals surface area contributed by atoms with Crippen molar-refractivity contribution in [2.24, 2.45) is 5.92 Å². The predicted octanol–water partition coefficient (Wildman–Crippen LogP) is 3.40. The van der Waals surface area contributed by atoms with Crippen molar-refractivity contribution in [2.75, 3.05) is 6.61 Å². The van der Waals surface area contributed by atoms with E-state index in [-0.39, 0.29) is 0 Å². The van der Waals surface area contributed by atoms with Crippen molar-refractivity contribution in [2.45, 2.75) is 46.5 Å². The van der Waals surface area contributed by atoms with Crippen LogP contribution in [0.4, 0.5) is 0 Å². The van der Waals surface area contributed by atoms with Crippen LogP contribution in [-0.4, -0.2) is 6.61 Å². The molecule has 0 spiro atoms. The number of hydrogen-bond donors (Lipinski definition) is 0. The third-order valence-corrected chi connectivity index (χ3v) is 1.48. The van der Waals surface area contributed by atoms with Crippen LogP contribution in [0.25, 0.3) is 0 Å². The fraction of sp³-hybridized carbons (Fsp3) is 0.900. The minimum atomic E-state index is 0.557. The van der Waals surface area contributed by atoms with Gasteiger partial charge in [-0.15, -0.1) is 0 Å². The van der Waals surface area contributed by atoms with Crippen LogP contribution < -0.4 is 0 Å². The summed E-state index contributed by atoms with van der Waals surface area (Å²) in [6.45, 7) is 9.31. The topological polar surface area (TPSA) is 9.23 Å². The van der Waals surface area contributed by atoms with Gasteiger partial charge in [0.1, 0.15) is 0 Å². The second kappa shape index (κ2) is 8.06. The molecular weight excluding hydrogens is 136 g/mol. The first-order valence-corrected chi connectivity index (χ1v) is 4.72. The highest BCUT2D eigenvalue weighted by molar-refractivity contribution is 4.54. The van der Waals surface area contributed by atoms with Crippen LogP contribution >= 0.6 is 0 Å². The van der Waals surface area contributed by atoms with Crippen molar-refractivity contribution in [3.63, 3.8) is 0 Å².